The van der Waals surface area contributed by atoms with Gasteiger partial charge >= 0.3 is 6.18 Å². The predicted molar refractivity (Wildman–Crippen MR) is 61.6 cm³/mol. The van der Waals surface area contributed by atoms with Gasteiger partial charge in [-0.2, -0.15) is 13.2 Å². The lowest BCUT2D eigenvalue weighted by Gasteiger charge is -2.37. The number of aliphatic hydroxyl groups is 1. The summed E-state index contributed by atoms with van der Waals surface area (Å²) >= 11 is 0. The number of fused-ring (bicyclic) bond motifs is 2. The zero-order valence-electron chi connectivity index (χ0n) is 10.1. The van der Waals surface area contributed by atoms with E-state index in [0.29, 0.717) is 18.7 Å². The first kappa shape index (κ1) is 12.7. The van der Waals surface area contributed by atoms with E-state index in [4.69, 9.17) is 0 Å². The van der Waals surface area contributed by atoms with Gasteiger partial charge in [-0.25, -0.2) is 0 Å². The number of nitrogens with zero attached hydrogens (tertiary/aromatic N) is 3. The summed E-state index contributed by atoms with van der Waals surface area (Å²) in [4.78, 5) is 2.01. The molecule has 19 heavy (non-hydrogen) atoms. The smallest absolute Gasteiger partial charge is 0.393 e. The maximum absolute atomic E-state index is 12.4. The molecule has 2 aliphatic heterocycles. The number of hydrogen-bond donors (Lipinski definition) is 1. The summed E-state index contributed by atoms with van der Waals surface area (Å²) in [5.41, 5.74) is -0.972. The number of aliphatic hydroxyl groups excluding tert-OH is 1. The van der Waals surface area contributed by atoms with E-state index in [0.717, 1.165) is 18.9 Å². The minimum atomic E-state index is -4.46. The molecule has 2 atom stereocenters. The second-order valence-corrected chi connectivity index (χ2v) is 5.19. The summed E-state index contributed by atoms with van der Waals surface area (Å²) in [7, 11) is 0. The Bertz CT molecular complexity index is 448. The Morgan fingerprint density at radius 2 is 1.74 bits per heavy atom. The Hall–Kier alpha value is -1.37. The third-order valence-corrected chi connectivity index (χ3v) is 3.91. The molecule has 2 bridgehead atoms. The van der Waals surface area contributed by atoms with E-state index in [1.807, 2.05) is 4.90 Å². The predicted octanol–water partition coefficient (Wildman–Crippen LogP) is 1.99. The summed E-state index contributed by atoms with van der Waals surface area (Å²) in [5, 5.41) is 16.7. The molecule has 0 aromatic carbocycles. The second-order valence-electron chi connectivity index (χ2n) is 5.19. The van der Waals surface area contributed by atoms with Crippen LogP contribution >= 0.6 is 0 Å². The van der Waals surface area contributed by atoms with Crippen LogP contribution in [-0.4, -0.2) is 33.5 Å². The fourth-order valence-corrected chi connectivity index (χ4v) is 3.14. The molecule has 4 nitrogen and oxygen atoms in total. The molecule has 7 heteroatoms. The average Bonchev–Trinajstić information content (AvgIpc) is 2.61. The lowest BCUT2D eigenvalue weighted by Crippen LogP contribution is -2.45. The monoisotopic (exact) mass is 273 g/mol. The molecule has 2 fully saturated rings. The molecule has 0 amide bonds. The normalized spacial score (nSPS) is 30.7. The number of hydrogen-bond acceptors (Lipinski definition) is 4. The van der Waals surface area contributed by atoms with Crippen molar-refractivity contribution in [3.8, 4) is 0 Å². The summed E-state index contributed by atoms with van der Waals surface area (Å²) in [6.45, 7) is 0. The summed E-state index contributed by atoms with van der Waals surface area (Å²) in [6, 6.07) is 2.67. The highest BCUT2D eigenvalue weighted by molar-refractivity contribution is 5.43. The van der Waals surface area contributed by atoms with Crippen LogP contribution in [0.3, 0.4) is 0 Å². The van der Waals surface area contributed by atoms with Crippen LogP contribution in [-0.2, 0) is 6.18 Å². The SMILES string of the molecule is OC1CC2CCC(C1)N2c1ccc(C(F)(F)F)nn1. The van der Waals surface area contributed by atoms with Gasteiger partial charge in [-0.3, -0.25) is 0 Å². The van der Waals surface area contributed by atoms with Gasteiger partial charge in [-0.15, -0.1) is 10.2 Å². The van der Waals surface area contributed by atoms with Crippen molar-refractivity contribution in [3.05, 3.63) is 17.8 Å². The third-order valence-electron chi connectivity index (χ3n) is 3.91. The molecule has 2 saturated heterocycles. The second kappa shape index (κ2) is 4.33. The topological polar surface area (TPSA) is 49.2 Å². The number of piperidine rings is 1. The molecule has 104 valence electrons. The molecule has 1 aromatic heterocycles. The van der Waals surface area contributed by atoms with Gasteiger partial charge in [-0.05, 0) is 37.8 Å². The van der Waals surface area contributed by atoms with Crippen LogP contribution in [0.5, 0.6) is 0 Å². The molecule has 1 aromatic rings. The Morgan fingerprint density at radius 3 is 2.21 bits per heavy atom. The van der Waals surface area contributed by atoms with Crippen LogP contribution in [0, 0.1) is 0 Å². The van der Waals surface area contributed by atoms with Gasteiger partial charge in [0.05, 0.1) is 6.10 Å². The van der Waals surface area contributed by atoms with Gasteiger partial charge in [0, 0.05) is 12.1 Å². The fourth-order valence-electron chi connectivity index (χ4n) is 3.14. The average molecular weight is 273 g/mol. The Morgan fingerprint density at radius 1 is 1.11 bits per heavy atom. The van der Waals surface area contributed by atoms with Gasteiger partial charge in [0.15, 0.2) is 11.5 Å². The fraction of sp³-hybridized carbons (Fsp3) is 0.667. The van der Waals surface area contributed by atoms with Crippen molar-refractivity contribution in [1.82, 2.24) is 10.2 Å². The number of halogens is 3. The molecule has 3 rings (SSSR count). The number of rotatable bonds is 1. The van der Waals surface area contributed by atoms with E-state index >= 15 is 0 Å². The first-order valence-corrected chi connectivity index (χ1v) is 6.32. The van der Waals surface area contributed by atoms with Crippen molar-refractivity contribution in [2.45, 2.75) is 50.0 Å². The molecule has 0 aliphatic carbocycles. The molecular formula is C12H14F3N3O. The van der Waals surface area contributed by atoms with E-state index in [9.17, 15) is 18.3 Å². The lowest BCUT2D eigenvalue weighted by molar-refractivity contribution is -0.141. The minimum absolute atomic E-state index is 0.166. The van der Waals surface area contributed by atoms with E-state index in [2.05, 4.69) is 10.2 Å². The number of aromatic nitrogens is 2. The highest BCUT2D eigenvalue weighted by atomic mass is 19.4. The standard InChI is InChI=1S/C12H14F3N3O/c13-12(14,15)10-3-4-11(17-16-10)18-7-1-2-8(18)6-9(19)5-7/h3-4,7-9,19H,1-2,5-6H2. The van der Waals surface area contributed by atoms with Crippen LogP contribution in [0.1, 0.15) is 31.4 Å². The third kappa shape index (κ3) is 2.27. The first-order valence-electron chi connectivity index (χ1n) is 6.32. The summed E-state index contributed by atoms with van der Waals surface area (Å²) in [6.07, 6.45) is -1.56. The Balaban J connectivity index is 1.84. The minimum Gasteiger partial charge on any atom is -0.393 e. The van der Waals surface area contributed by atoms with E-state index in [-0.39, 0.29) is 18.2 Å². The van der Waals surface area contributed by atoms with E-state index in [1.165, 1.54) is 6.07 Å². The van der Waals surface area contributed by atoms with Crippen molar-refractivity contribution < 1.29 is 18.3 Å². The van der Waals surface area contributed by atoms with Crippen LogP contribution in [0.25, 0.3) is 0 Å². The molecule has 0 spiro atoms. The molecule has 3 heterocycles. The quantitative estimate of drug-likeness (QED) is 0.850. The molecule has 2 unspecified atom stereocenters. The zero-order valence-corrected chi connectivity index (χ0v) is 10.1. The van der Waals surface area contributed by atoms with Crippen molar-refractivity contribution >= 4 is 5.82 Å². The Kier molecular flexibility index (Phi) is 2.88. The maximum Gasteiger partial charge on any atom is 0.435 e. The van der Waals surface area contributed by atoms with Crippen LogP contribution in [0.2, 0.25) is 0 Å². The van der Waals surface area contributed by atoms with Gasteiger partial charge in [0.25, 0.3) is 0 Å². The van der Waals surface area contributed by atoms with Crippen molar-refractivity contribution in [1.29, 1.82) is 0 Å². The highest BCUT2D eigenvalue weighted by Crippen LogP contribution is 2.38. The summed E-state index contributed by atoms with van der Waals surface area (Å²) < 4.78 is 37.3. The Labute approximate surface area is 108 Å². The van der Waals surface area contributed by atoms with Gasteiger partial charge < -0.3 is 10.0 Å². The molecule has 0 saturated carbocycles. The van der Waals surface area contributed by atoms with Gasteiger partial charge in [0.2, 0.25) is 0 Å². The van der Waals surface area contributed by atoms with Crippen LogP contribution in [0.15, 0.2) is 12.1 Å². The van der Waals surface area contributed by atoms with E-state index in [1.54, 1.807) is 0 Å². The maximum atomic E-state index is 12.4. The molecule has 2 aliphatic rings. The van der Waals surface area contributed by atoms with Crippen LogP contribution in [0.4, 0.5) is 19.0 Å². The van der Waals surface area contributed by atoms with E-state index < -0.39 is 11.9 Å². The molecular weight excluding hydrogens is 259 g/mol. The van der Waals surface area contributed by atoms with Gasteiger partial charge in [0.1, 0.15) is 0 Å². The number of anilines is 1. The van der Waals surface area contributed by atoms with Gasteiger partial charge in [-0.1, -0.05) is 0 Å². The zero-order chi connectivity index (χ0) is 13.6. The number of alkyl halides is 3. The largest absolute Gasteiger partial charge is 0.435 e. The van der Waals surface area contributed by atoms with Crippen LogP contribution < -0.4 is 4.90 Å². The lowest BCUT2D eigenvalue weighted by atomic mass is 10.00. The summed E-state index contributed by atoms with van der Waals surface area (Å²) in [5.74, 6) is 0.479. The highest BCUT2D eigenvalue weighted by Gasteiger charge is 2.41. The first-order chi connectivity index (χ1) is 8.95. The van der Waals surface area contributed by atoms with Crippen molar-refractivity contribution in [2.75, 3.05) is 4.90 Å². The van der Waals surface area contributed by atoms with Crippen molar-refractivity contribution in [2.24, 2.45) is 0 Å². The molecule has 0 radical (unpaired) electrons. The van der Waals surface area contributed by atoms with Crippen molar-refractivity contribution in [3.63, 3.8) is 0 Å². The molecule has 1 N–H and O–H groups in total.